The van der Waals surface area contributed by atoms with Crippen LogP contribution in [0.3, 0.4) is 0 Å². The standard InChI is InChI=1S/C21H20N2O4S/c1-2-9-25-16-6-4-15(5-7-16)17-12-28-21(22-17)23-20(24)11-14-3-8-18-19(10-14)27-13-26-18/h3-8,10,12H,2,9,11,13H2,1H3,(H,22,23,24). The number of amides is 1. The van der Waals surface area contributed by atoms with E-state index >= 15 is 0 Å². The van der Waals surface area contributed by atoms with Gasteiger partial charge in [-0.1, -0.05) is 13.0 Å². The summed E-state index contributed by atoms with van der Waals surface area (Å²) in [4.78, 5) is 16.9. The number of thiazole rings is 1. The Hall–Kier alpha value is -3.06. The first-order chi connectivity index (χ1) is 13.7. The molecule has 1 amide bonds. The monoisotopic (exact) mass is 396 g/mol. The second kappa shape index (κ2) is 8.31. The van der Waals surface area contributed by atoms with Crippen LogP contribution in [0.2, 0.25) is 0 Å². The van der Waals surface area contributed by atoms with Crippen LogP contribution in [0, 0.1) is 0 Å². The predicted molar refractivity (Wildman–Crippen MR) is 108 cm³/mol. The van der Waals surface area contributed by atoms with E-state index in [1.165, 1.54) is 11.3 Å². The molecule has 3 aromatic rings. The lowest BCUT2D eigenvalue weighted by atomic mass is 10.1. The Bertz CT molecular complexity index is 969. The summed E-state index contributed by atoms with van der Waals surface area (Å²) in [7, 11) is 0. The average Bonchev–Trinajstić information content (AvgIpc) is 3.35. The Morgan fingerprint density at radius 3 is 2.82 bits per heavy atom. The number of rotatable bonds is 7. The number of ether oxygens (including phenoxy) is 3. The molecule has 2 heterocycles. The maximum absolute atomic E-state index is 12.3. The van der Waals surface area contributed by atoms with Crippen molar-refractivity contribution in [1.82, 2.24) is 4.98 Å². The largest absolute Gasteiger partial charge is 0.494 e. The zero-order valence-electron chi connectivity index (χ0n) is 15.4. The molecule has 0 spiro atoms. The molecule has 1 aliphatic heterocycles. The first kappa shape index (κ1) is 18.3. The normalized spacial score (nSPS) is 12.0. The van der Waals surface area contributed by atoms with Crippen molar-refractivity contribution in [2.24, 2.45) is 0 Å². The van der Waals surface area contributed by atoms with Gasteiger partial charge in [-0.25, -0.2) is 4.98 Å². The van der Waals surface area contributed by atoms with E-state index in [2.05, 4.69) is 17.2 Å². The van der Waals surface area contributed by atoms with E-state index in [4.69, 9.17) is 14.2 Å². The Morgan fingerprint density at radius 2 is 2.00 bits per heavy atom. The molecule has 7 heteroatoms. The molecule has 28 heavy (non-hydrogen) atoms. The minimum Gasteiger partial charge on any atom is -0.494 e. The molecule has 0 saturated carbocycles. The fraction of sp³-hybridized carbons (Fsp3) is 0.238. The van der Waals surface area contributed by atoms with E-state index in [0.29, 0.717) is 23.2 Å². The van der Waals surface area contributed by atoms with Gasteiger partial charge in [0.2, 0.25) is 12.7 Å². The van der Waals surface area contributed by atoms with Crippen molar-refractivity contribution in [3.05, 3.63) is 53.4 Å². The van der Waals surface area contributed by atoms with Crippen molar-refractivity contribution in [3.63, 3.8) is 0 Å². The van der Waals surface area contributed by atoms with Crippen LogP contribution in [0.4, 0.5) is 5.13 Å². The molecule has 0 aliphatic carbocycles. The van der Waals surface area contributed by atoms with Gasteiger partial charge in [-0.15, -0.1) is 11.3 Å². The molecule has 0 radical (unpaired) electrons. The molecule has 1 aromatic heterocycles. The first-order valence-electron chi connectivity index (χ1n) is 9.08. The Labute approximate surface area is 167 Å². The SMILES string of the molecule is CCCOc1ccc(-c2csc(NC(=O)Cc3ccc4c(c3)OCO4)n2)cc1. The summed E-state index contributed by atoms with van der Waals surface area (Å²) in [5.74, 6) is 2.11. The second-order valence-corrected chi connectivity index (χ2v) is 7.18. The maximum atomic E-state index is 12.3. The van der Waals surface area contributed by atoms with Crippen molar-refractivity contribution >= 4 is 22.4 Å². The number of anilines is 1. The van der Waals surface area contributed by atoms with Crippen LogP contribution < -0.4 is 19.5 Å². The second-order valence-electron chi connectivity index (χ2n) is 6.32. The van der Waals surface area contributed by atoms with Gasteiger partial charge in [0, 0.05) is 10.9 Å². The zero-order valence-corrected chi connectivity index (χ0v) is 16.3. The van der Waals surface area contributed by atoms with Gasteiger partial charge >= 0.3 is 0 Å². The minimum absolute atomic E-state index is 0.122. The highest BCUT2D eigenvalue weighted by molar-refractivity contribution is 7.14. The van der Waals surface area contributed by atoms with Crippen LogP contribution in [-0.4, -0.2) is 24.3 Å². The van der Waals surface area contributed by atoms with Crippen LogP contribution in [0.15, 0.2) is 47.8 Å². The summed E-state index contributed by atoms with van der Waals surface area (Å²) in [5.41, 5.74) is 2.67. The number of carbonyl (C=O) groups is 1. The highest BCUT2D eigenvalue weighted by Crippen LogP contribution is 2.33. The number of nitrogens with one attached hydrogen (secondary N) is 1. The average molecular weight is 396 g/mol. The number of hydrogen-bond acceptors (Lipinski definition) is 6. The number of benzene rings is 2. The molecule has 4 rings (SSSR count). The highest BCUT2D eigenvalue weighted by atomic mass is 32.1. The van der Waals surface area contributed by atoms with E-state index in [1.807, 2.05) is 47.8 Å². The van der Waals surface area contributed by atoms with Gasteiger partial charge in [0.1, 0.15) is 5.75 Å². The Morgan fingerprint density at radius 1 is 1.18 bits per heavy atom. The van der Waals surface area contributed by atoms with Gasteiger partial charge in [-0.3, -0.25) is 4.79 Å². The van der Waals surface area contributed by atoms with Gasteiger partial charge in [0.25, 0.3) is 0 Å². The third kappa shape index (κ3) is 4.26. The summed E-state index contributed by atoms with van der Waals surface area (Å²) in [6.45, 7) is 3.00. The lowest BCUT2D eigenvalue weighted by Crippen LogP contribution is -2.14. The van der Waals surface area contributed by atoms with E-state index in [9.17, 15) is 4.79 Å². The van der Waals surface area contributed by atoms with Crippen LogP contribution in [0.1, 0.15) is 18.9 Å². The minimum atomic E-state index is -0.122. The molecule has 6 nitrogen and oxygen atoms in total. The number of aromatic nitrogens is 1. The van der Waals surface area contributed by atoms with Crippen LogP contribution in [-0.2, 0) is 11.2 Å². The lowest BCUT2D eigenvalue weighted by Gasteiger charge is -2.05. The molecule has 0 atom stereocenters. The van der Waals surface area contributed by atoms with Gasteiger partial charge in [-0.05, 0) is 48.4 Å². The number of carbonyl (C=O) groups excluding carboxylic acids is 1. The van der Waals surface area contributed by atoms with E-state index < -0.39 is 0 Å². The summed E-state index contributed by atoms with van der Waals surface area (Å²) in [6, 6.07) is 13.3. The topological polar surface area (TPSA) is 69.7 Å². The van der Waals surface area contributed by atoms with Gasteiger partial charge in [-0.2, -0.15) is 0 Å². The molecule has 1 N–H and O–H groups in total. The van der Waals surface area contributed by atoms with E-state index in [-0.39, 0.29) is 19.1 Å². The Kier molecular flexibility index (Phi) is 5.43. The van der Waals surface area contributed by atoms with Gasteiger partial charge < -0.3 is 19.5 Å². The summed E-state index contributed by atoms with van der Waals surface area (Å²) in [5, 5.41) is 5.36. The molecule has 0 bridgehead atoms. The fourth-order valence-corrected chi connectivity index (χ4v) is 3.54. The number of fused-ring (bicyclic) bond motifs is 1. The number of hydrogen-bond donors (Lipinski definition) is 1. The summed E-state index contributed by atoms with van der Waals surface area (Å²) >= 11 is 1.40. The van der Waals surface area contributed by atoms with Crippen molar-refractivity contribution in [2.45, 2.75) is 19.8 Å². The molecule has 1 aliphatic rings. The van der Waals surface area contributed by atoms with Crippen molar-refractivity contribution in [2.75, 3.05) is 18.7 Å². The summed E-state index contributed by atoms with van der Waals surface area (Å²) in [6.07, 6.45) is 1.22. The lowest BCUT2D eigenvalue weighted by molar-refractivity contribution is -0.115. The van der Waals surface area contributed by atoms with Crippen molar-refractivity contribution in [3.8, 4) is 28.5 Å². The first-order valence-corrected chi connectivity index (χ1v) is 9.96. The molecular weight excluding hydrogens is 376 g/mol. The summed E-state index contributed by atoms with van der Waals surface area (Å²) < 4.78 is 16.2. The molecule has 0 saturated heterocycles. The van der Waals surface area contributed by atoms with Crippen molar-refractivity contribution in [1.29, 1.82) is 0 Å². The van der Waals surface area contributed by atoms with Crippen LogP contribution in [0.5, 0.6) is 17.2 Å². The van der Waals surface area contributed by atoms with E-state index in [1.54, 1.807) is 0 Å². The van der Waals surface area contributed by atoms with Crippen LogP contribution in [0.25, 0.3) is 11.3 Å². The molecule has 0 fully saturated rings. The molecule has 2 aromatic carbocycles. The smallest absolute Gasteiger partial charge is 0.231 e. The quantitative estimate of drug-likeness (QED) is 0.636. The Balaban J connectivity index is 1.37. The molecule has 0 unspecified atom stereocenters. The third-order valence-corrected chi connectivity index (χ3v) is 4.93. The maximum Gasteiger partial charge on any atom is 0.231 e. The van der Waals surface area contributed by atoms with Gasteiger partial charge in [0.15, 0.2) is 16.6 Å². The zero-order chi connectivity index (χ0) is 19.3. The predicted octanol–water partition coefficient (Wildman–Crippen LogP) is 4.51. The third-order valence-electron chi connectivity index (χ3n) is 4.18. The highest BCUT2D eigenvalue weighted by Gasteiger charge is 2.15. The molecule has 144 valence electrons. The fourth-order valence-electron chi connectivity index (χ4n) is 2.81. The molecular formula is C21H20N2O4S. The van der Waals surface area contributed by atoms with Crippen LogP contribution >= 0.6 is 11.3 Å². The van der Waals surface area contributed by atoms with E-state index in [0.717, 1.165) is 29.0 Å². The van der Waals surface area contributed by atoms with Gasteiger partial charge in [0.05, 0.1) is 18.7 Å². The number of nitrogens with zero attached hydrogens (tertiary/aromatic N) is 1. The van der Waals surface area contributed by atoms with Crippen molar-refractivity contribution < 1.29 is 19.0 Å².